The predicted molar refractivity (Wildman–Crippen MR) is 91.8 cm³/mol. The van der Waals surface area contributed by atoms with Gasteiger partial charge >= 0.3 is 0 Å². The SMILES string of the molecule is O=C(c1ncccn1)N1Cc2ccnn2C[C@@H](OCc2ccncc2)C1. The molecule has 1 amide bonds. The van der Waals surface area contributed by atoms with Crippen LogP contribution in [0.4, 0.5) is 0 Å². The lowest BCUT2D eigenvalue weighted by Gasteiger charge is -2.23. The first-order valence-electron chi connectivity index (χ1n) is 8.37. The van der Waals surface area contributed by atoms with Crippen molar-refractivity contribution in [3.05, 3.63) is 72.3 Å². The Morgan fingerprint density at radius 1 is 1.08 bits per heavy atom. The number of amides is 1. The largest absolute Gasteiger partial charge is 0.370 e. The van der Waals surface area contributed by atoms with E-state index in [1.54, 1.807) is 42.0 Å². The van der Waals surface area contributed by atoms with Crippen molar-refractivity contribution in [3.63, 3.8) is 0 Å². The van der Waals surface area contributed by atoms with Crippen molar-refractivity contribution in [1.29, 1.82) is 0 Å². The summed E-state index contributed by atoms with van der Waals surface area (Å²) in [6.45, 7) is 1.94. The Kier molecular flexibility index (Phi) is 4.65. The Labute approximate surface area is 150 Å². The minimum atomic E-state index is -0.210. The van der Waals surface area contributed by atoms with Gasteiger partial charge in [-0.25, -0.2) is 9.97 Å². The third kappa shape index (κ3) is 3.60. The zero-order chi connectivity index (χ0) is 17.8. The highest BCUT2D eigenvalue weighted by molar-refractivity contribution is 5.90. The fourth-order valence-electron chi connectivity index (χ4n) is 2.92. The molecule has 8 heteroatoms. The molecule has 0 saturated carbocycles. The van der Waals surface area contributed by atoms with E-state index in [-0.39, 0.29) is 17.8 Å². The first kappa shape index (κ1) is 16.3. The number of nitrogens with zero attached hydrogens (tertiary/aromatic N) is 6. The summed E-state index contributed by atoms with van der Waals surface area (Å²) in [6.07, 6.45) is 8.17. The summed E-state index contributed by atoms with van der Waals surface area (Å²) in [6, 6.07) is 7.43. The van der Waals surface area contributed by atoms with Gasteiger partial charge in [-0.15, -0.1) is 0 Å². The van der Waals surface area contributed by atoms with Gasteiger partial charge in [0, 0.05) is 37.5 Å². The van der Waals surface area contributed by atoms with Gasteiger partial charge in [0.1, 0.15) is 0 Å². The van der Waals surface area contributed by atoms with Gasteiger partial charge in [-0.05, 0) is 29.8 Å². The second-order valence-corrected chi connectivity index (χ2v) is 6.05. The van der Waals surface area contributed by atoms with E-state index in [0.717, 1.165) is 11.3 Å². The minimum Gasteiger partial charge on any atom is -0.370 e. The van der Waals surface area contributed by atoms with E-state index < -0.39 is 0 Å². The molecule has 26 heavy (non-hydrogen) atoms. The summed E-state index contributed by atoms with van der Waals surface area (Å²) < 4.78 is 7.95. The van der Waals surface area contributed by atoms with E-state index in [9.17, 15) is 4.79 Å². The summed E-state index contributed by atoms with van der Waals surface area (Å²) in [5, 5.41) is 4.35. The van der Waals surface area contributed by atoms with Crippen LogP contribution in [0.25, 0.3) is 0 Å². The van der Waals surface area contributed by atoms with Gasteiger partial charge in [-0.3, -0.25) is 14.5 Å². The highest BCUT2D eigenvalue weighted by Gasteiger charge is 2.27. The number of carbonyl (C=O) groups is 1. The van der Waals surface area contributed by atoms with Crippen LogP contribution in [0.1, 0.15) is 21.9 Å². The van der Waals surface area contributed by atoms with Gasteiger partial charge in [0.2, 0.25) is 5.82 Å². The second-order valence-electron chi connectivity index (χ2n) is 6.05. The topological polar surface area (TPSA) is 86.0 Å². The zero-order valence-corrected chi connectivity index (χ0v) is 14.1. The molecule has 3 aromatic rings. The maximum absolute atomic E-state index is 12.8. The standard InChI is InChI=1S/C18H18N6O2/c25-18(17-20-5-1-6-21-17)23-10-15-4-9-22-24(15)12-16(11-23)26-13-14-2-7-19-8-3-14/h1-9,16H,10-13H2/t16-/m0/s1. The third-order valence-electron chi connectivity index (χ3n) is 4.24. The minimum absolute atomic E-state index is 0.183. The van der Waals surface area contributed by atoms with Crippen molar-refractivity contribution in [3.8, 4) is 0 Å². The molecule has 0 radical (unpaired) electrons. The molecule has 0 unspecified atom stereocenters. The smallest absolute Gasteiger partial charge is 0.292 e. The maximum Gasteiger partial charge on any atom is 0.292 e. The third-order valence-corrected chi connectivity index (χ3v) is 4.24. The van der Waals surface area contributed by atoms with Crippen molar-refractivity contribution < 1.29 is 9.53 Å². The summed E-state index contributed by atoms with van der Waals surface area (Å²) in [7, 11) is 0. The van der Waals surface area contributed by atoms with Crippen LogP contribution in [0.3, 0.4) is 0 Å². The maximum atomic E-state index is 12.8. The molecule has 0 saturated heterocycles. The lowest BCUT2D eigenvalue weighted by molar-refractivity contribution is 0.00884. The molecule has 0 N–H and O–H groups in total. The lowest BCUT2D eigenvalue weighted by atomic mass is 10.2. The van der Waals surface area contributed by atoms with Gasteiger partial charge in [0.25, 0.3) is 5.91 Å². The van der Waals surface area contributed by atoms with Crippen molar-refractivity contribution in [2.24, 2.45) is 0 Å². The van der Waals surface area contributed by atoms with Crippen molar-refractivity contribution in [1.82, 2.24) is 29.6 Å². The molecule has 1 aliphatic rings. The average molecular weight is 350 g/mol. The molecule has 1 aliphatic heterocycles. The summed E-state index contributed by atoms with van der Waals surface area (Å²) >= 11 is 0. The van der Waals surface area contributed by atoms with Crippen LogP contribution >= 0.6 is 0 Å². The van der Waals surface area contributed by atoms with Crippen LogP contribution < -0.4 is 0 Å². The number of hydrogen-bond donors (Lipinski definition) is 0. The first-order chi connectivity index (χ1) is 12.8. The predicted octanol–water partition coefficient (Wildman–Crippen LogP) is 1.31. The van der Waals surface area contributed by atoms with Crippen LogP contribution in [-0.2, 0) is 24.4 Å². The Bertz CT molecular complexity index is 868. The van der Waals surface area contributed by atoms with E-state index in [2.05, 4.69) is 20.1 Å². The first-order valence-corrected chi connectivity index (χ1v) is 8.37. The van der Waals surface area contributed by atoms with Gasteiger partial charge in [-0.1, -0.05) is 0 Å². The molecule has 3 aromatic heterocycles. The van der Waals surface area contributed by atoms with Crippen molar-refractivity contribution in [2.75, 3.05) is 6.54 Å². The highest BCUT2D eigenvalue weighted by Crippen LogP contribution is 2.16. The molecule has 0 aliphatic carbocycles. The molecule has 0 spiro atoms. The Morgan fingerprint density at radius 2 is 1.88 bits per heavy atom. The van der Waals surface area contributed by atoms with Crippen LogP contribution in [0.2, 0.25) is 0 Å². The average Bonchev–Trinajstić information content (AvgIpc) is 3.05. The highest BCUT2D eigenvalue weighted by atomic mass is 16.5. The van der Waals surface area contributed by atoms with Crippen LogP contribution in [0.5, 0.6) is 0 Å². The molecule has 0 aromatic carbocycles. The zero-order valence-electron chi connectivity index (χ0n) is 14.1. The number of carbonyl (C=O) groups excluding carboxylic acids is 1. The molecule has 132 valence electrons. The van der Waals surface area contributed by atoms with E-state index in [1.165, 1.54) is 0 Å². The quantitative estimate of drug-likeness (QED) is 0.705. The van der Waals surface area contributed by atoms with Gasteiger partial charge in [0.05, 0.1) is 31.5 Å². The van der Waals surface area contributed by atoms with E-state index in [4.69, 9.17) is 4.74 Å². The van der Waals surface area contributed by atoms with Gasteiger partial charge < -0.3 is 9.64 Å². The van der Waals surface area contributed by atoms with Crippen molar-refractivity contribution >= 4 is 5.91 Å². The Morgan fingerprint density at radius 3 is 2.69 bits per heavy atom. The fourth-order valence-corrected chi connectivity index (χ4v) is 2.92. The summed E-state index contributed by atoms with van der Waals surface area (Å²) in [4.78, 5) is 26.7. The fraction of sp³-hybridized carbons (Fsp3) is 0.278. The molecule has 0 bridgehead atoms. The normalized spacial score (nSPS) is 16.8. The summed E-state index contributed by atoms with van der Waals surface area (Å²) in [5.41, 5.74) is 2.00. The molecule has 1 atom stereocenters. The Hall–Kier alpha value is -3.13. The number of hydrogen-bond acceptors (Lipinski definition) is 6. The van der Waals surface area contributed by atoms with Gasteiger partial charge in [-0.2, -0.15) is 5.10 Å². The molecular weight excluding hydrogens is 332 g/mol. The number of fused-ring (bicyclic) bond motifs is 1. The van der Waals surface area contributed by atoms with Crippen LogP contribution in [0, 0.1) is 0 Å². The summed E-state index contributed by atoms with van der Waals surface area (Å²) in [5.74, 6) is -0.0221. The van der Waals surface area contributed by atoms with E-state index in [1.807, 2.05) is 22.9 Å². The lowest BCUT2D eigenvalue weighted by Crippen LogP contribution is -2.38. The number of ether oxygens (including phenoxy) is 1. The number of aromatic nitrogens is 5. The van der Waals surface area contributed by atoms with Crippen LogP contribution in [0.15, 0.2) is 55.2 Å². The molecule has 8 nitrogen and oxygen atoms in total. The molecule has 4 rings (SSSR count). The molecule has 4 heterocycles. The van der Waals surface area contributed by atoms with E-state index in [0.29, 0.717) is 26.2 Å². The number of rotatable bonds is 4. The number of pyridine rings is 1. The second kappa shape index (κ2) is 7.40. The molecular formula is C18H18N6O2. The molecule has 0 fully saturated rings. The van der Waals surface area contributed by atoms with E-state index >= 15 is 0 Å². The Balaban J connectivity index is 1.53. The van der Waals surface area contributed by atoms with Gasteiger partial charge in [0.15, 0.2) is 0 Å². The van der Waals surface area contributed by atoms with Crippen molar-refractivity contribution in [2.45, 2.75) is 25.8 Å². The monoisotopic (exact) mass is 350 g/mol. The van der Waals surface area contributed by atoms with Crippen LogP contribution in [-0.4, -0.2) is 48.2 Å².